The van der Waals surface area contributed by atoms with Gasteiger partial charge in [-0.3, -0.25) is 9.48 Å². The van der Waals surface area contributed by atoms with Crippen molar-refractivity contribution in [2.24, 2.45) is 0 Å². The summed E-state index contributed by atoms with van der Waals surface area (Å²) in [6, 6.07) is 8.61. The first-order chi connectivity index (χ1) is 7.74. The fourth-order valence-corrected chi connectivity index (χ4v) is 1.63. The Balaban J connectivity index is 2.54. The molecule has 4 nitrogen and oxygen atoms in total. The van der Waals surface area contributed by atoms with Gasteiger partial charge in [-0.2, -0.15) is 5.10 Å². The van der Waals surface area contributed by atoms with Gasteiger partial charge < -0.3 is 5.11 Å². The molecule has 0 atom stereocenters. The van der Waals surface area contributed by atoms with E-state index in [1.165, 1.54) is 0 Å². The zero-order chi connectivity index (χ0) is 11.5. The lowest BCUT2D eigenvalue weighted by Gasteiger charge is -2.04. The lowest BCUT2D eigenvalue weighted by Crippen LogP contribution is -1.99. The molecule has 0 radical (unpaired) electrons. The van der Waals surface area contributed by atoms with Crippen LogP contribution in [0.4, 0.5) is 0 Å². The summed E-state index contributed by atoms with van der Waals surface area (Å²) in [4.78, 5) is 10.7. The Labute approximate surface area is 93.1 Å². The van der Waals surface area contributed by atoms with Gasteiger partial charge in [0.25, 0.3) is 0 Å². The van der Waals surface area contributed by atoms with E-state index in [4.69, 9.17) is 0 Å². The van der Waals surface area contributed by atoms with Gasteiger partial charge in [0.1, 0.15) is 11.4 Å². The van der Waals surface area contributed by atoms with Gasteiger partial charge >= 0.3 is 0 Å². The highest BCUT2D eigenvalue weighted by atomic mass is 16.3. The fraction of sp³-hybridized carbons (Fsp3) is 0.167. The topological polar surface area (TPSA) is 55.1 Å². The van der Waals surface area contributed by atoms with E-state index in [0.717, 1.165) is 17.5 Å². The third-order valence-electron chi connectivity index (χ3n) is 2.36. The normalized spacial score (nSPS) is 10.3. The first-order valence-electron chi connectivity index (χ1n) is 5.07. The summed E-state index contributed by atoms with van der Waals surface area (Å²) in [5.74, 6) is 0.203. The van der Waals surface area contributed by atoms with E-state index in [2.05, 4.69) is 5.10 Å². The molecule has 0 aliphatic rings. The fourth-order valence-electron chi connectivity index (χ4n) is 1.63. The molecule has 0 fully saturated rings. The maximum absolute atomic E-state index is 10.7. The van der Waals surface area contributed by atoms with Crippen LogP contribution in [0.25, 0.3) is 11.3 Å². The van der Waals surface area contributed by atoms with Crippen molar-refractivity contribution in [3.63, 3.8) is 0 Å². The molecular weight excluding hydrogens is 204 g/mol. The molecule has 1 N–H and O–H groups in total. The van der Waals surface area contributed by atoms with Crippen LogP contribution in [-0.2, 0) is 6.54 Å². The summed E-state index contributed by atoms with van der Waals surface area (Å²) in [5.41, 5.74) is 2.09. The highest BCUT2D eigenvalue weighted by Gasteiger charge is 2.08. The summed E-state index contributed by atoms with van der Waals surface area (Å²) in [5, 5.41) is 13.5. The van der Waals surface area contributed by atoms with Crippen molar-refractivity contribution < 1.29 is 9.90 Å². The second-order valence-electron chi connectivity index (χ2n) is 3.44. The van der Waals surface area contributed by atoms with Gasteiger partial charge in [0.05, 0.1) is 5.69 Å². The van der Waals surface area contributed by atoms with Crippen molar-refractivity contribution in [3.05, 3.63) is 36.0 Å². The van der Waals surface area contributed by atoms with Crippen LogP contribution in [0, 0.1) is 0 Å². The third kappa shape index (κ3) is 1.82. The molecular formula is C12H12N2O2. The Morgan fingerprint density at radius 1 is 1.44 bits per heavy atom. The monoisotopic (exact) mass is 216 g/mol. The minimum absolute atomic E-state index is 0.203. The molecule has 0 saturated carbocycles. The van der Waals surface area contributed by atoms with Crippen LogP contribution in [0.2, 0.25) is 0 Å². The zero-order valence-electron chi connectivity index (χ0n) is 8.92. The molecule has 1 aromatic carbocycles. The number of carbonyl (C=O) groups excluding carboxylic acids is 1. The number of aryl methyl sites for hydroxylation is 1. The Hall–Kier alpha value is -2.10. The predicted octanol–water partition coefficient (Wildman–Crippen LogP) is 2.09. The van der Waals surface area contributed by atoms with Crippen LogP contribution >= 0.6 is 0 Å². The molecule has 16 heavy (non-hydrogen) atoms. The van der Waals surface area contributed by atoms with Crippen molar-refractivity contribution in [1.29, 1.82) is 0 Å². The molecule has 1 aromatic heterocycles. The maximum atomic E-state index is 10.7. The molecule has 0 aliphatic carbocycles. The van der Waals surface area contributed by atoms with E-state index >= 15 is 0 Å². The number of rotatable bonds is 3. The van der Waals surface area contributed by atoms with E-state index < -0.39 is 0 Å². The average Bonchev–Trinajstić information content (AvgIpc) is 2.72. The average molecular weight is 216 g/mol. The molecule has 0 bridgehead atoms. The number of nitrogens with zero attached hydrogens (tertiary/aromatic N) is 2. The molecule has 0 spiro atoms. The minimum Gasteiger partial charge on any atom is -0.508 e. The van der Waals surface area contributed by atoms with Crippen LogP contribution < -0.4 is 0 Å². The second-order valence-corrected chi connectivity index (χ2v) is 3.44. The highest BCUT2D eigenvalue weighted by Crippen LogP contribution is 2.23. The molecule has 1 heterocycles. The van der Waals surface area contributed by atoms with Crippen LogP contribution in [0.15, 0.2) is 30.3 Å². The largest absolute Gasteiger partial charge is 0.508 e. The van der Waals surface area contributed by atoms with Gasteiger partial charge in [-0.15, -0.1) is 0 Å². The third-order valence-corrected chi connectivity index (χ3v) is 2.36. The van der Waals surface area contributed by atoms with Gasteiger partial charge in [-0.1, -0.05) is 12.1 Å². The van der Waals surface area contributed by atoms with Crippen LogP contribution in [0.5, 0.6) is 5.75 Å². The lowest BCUT2D eigenvalue weighted by atomic mass is 10.1. The van der Waals surface area contributed by atoms with E-state index in [1.54, 1.807) is 28.9 Å². The first kappa shape index (κ1) is 10.4. The molecule has 0 saturated heterocycles. The van der Waals surface area contributed by atoms with Gasteiger partial charge in [-0.05, 0) is 25.1 Å². The van der Waals surface area contributed by atoms with E-state index in [0.29, 0.717) is 12.2 Å². The van der Waals surface area contributed by atoms with E-state index in [-0.39, 0.29) is 5.75 Å². The van der Waals surface area contributed by atoms with E-state index in [1.807, 2.05) is 13.0 Å². The molecule has 0 amide bonds. The Morgan fingerprint density at radius 2 is 2.25 bits per heavy atom. The zero-order valence-corrected chi connectivity index (χ0v) is 8.92. The summed E-state index contributed by atoms with van der Waals surface area (Å²) < 4.78 is 1.73. The lowest BCUT2D eigenvalue weighted by molar-refractivity contribution is 0.111. The number of hydrogen-bond acceptors (Lipinski definition) is 3. The quantitative estimate of drug-likeness (QED) is 0.799. The molecule has 2 aromatic rings. The van der Waals surface area contributed by atoms with Crippen molar-refractivity contribution >= 4 is 6.29 Å². The van der Waals surface area contributed by atoms with Crippen molar-refractivity contribution in [1.82, 2.24) is 9.78 Å². The van der Waals surface area contributed by atoms with Gasteiger partial charge in [0, 0.05) is 12.1 Å². The summed E-state index contributed by atoms with van der Waals surface area (Å²) >= 11 is 0. The highest BCUT2D eigenvalue weighted by molar-refractivity contribution is 5.75. The number of hydrogen-bond donors (Lipinski definition) is 1. The maximum Gasteiger partial charge on any atom is 0.170 e. The SMILES string of the molecule is CCn1nc(C=O)cc1-c1cccc(O)c1. The Bertz CT molecular complexity index is 517. The Morgan fingerprint density at radius 3 is 2.88 bits per heavy atom. The number of aldehydes is 1. The standard InChI is InChI=1S/C12H12N2O2/c1-2-14-12(7-10(8-15)13-14)9-4-3-5-11(16)6-9/h3-8,16H,2H2,1H3. The number of phenols is 1. The number of carbonyl (C=O) groups is 1. The first-order valence-corrected chi connectivity index (χ1v) is 5.07. The predicted molar refractivity (Wildman–Crippen MR) is 60.4 cm³/mol. The molecule has 2 rings (SSSR count). The number of aromatic nitrogens is 2. The van der Waals surface area contributed by atoms with Crippen LogP contribution in [0.1, 0.15) is 17.4 Å². The molecule has 82 valence electrons. The van der Waals surface area contributed by atoms with Gasteiger partial charge in [-0.25, -0.2) is 0 Å². The number of benzene rings is 1. The molecule has 4 heteroatoms. The van der Waals surface area contributed by atoms with Crippen LogP contribution in [0.3, 0.4) is 0 Å². The minimum atomic E-state index is 0.203. The van der Waals surface area contributed by atoms with Crippen molar-refractivity contribution in [2.75, 3.05) is 0 Å². The summed E-state index contributed by atoms with van der Waals surface area (Å²) in [7, 11) is 0. The number of aromatic hydroxyl groups is 1. The van der Waals surface area contributed by atoms with Crippen LogP contribution in [-0.4, -0.2) is 21.2 Å². The molecule has 0 unspecified atom stereocenters. The van der Waals surface area contributed by atoms with Crippen molar-refractivity contribution in [3.8, 4) is 17.0 Å². The number of phenolic OH excluding ortho intramolecular Hbond substituents is 1. The smallest absolute Gasteiger partial charge is 0.170 e. The molecule has 0 aliphatic heterocycles. The van der Waals surface area contributed by atoms with Gasteiger partial charge in [0.15, 0.2) is 6.29 Å². The van der Waals surface area contributed by atoms with Gasteiger partial charge in [0.2, 0.25) is 0 Å². The summed E-state index contributed by atoms with van der Waals surface area (Å²) in [6.07, 6.45) is 0.721. The van der Waals surface area contributed by atoms with E-state index in [9.17, 15) is 9.90 Å². The van der Waals surface area contributed by atoms with Crippen molar-refractivity contribution in [2.45, 2.75) is 13.5 Å². The Kier molecular flexibility index (Phi) is 2.72. The second kappa shape index (κ2) is 4.18. The summed E-state index contributed by atoms with van der Waals surface area (Å²) in [6.45, 7) is 2.63.